The van der Waals surface area contributed by atoms with Gasteiger partial charge in [0.1, 0.15) is 5.75 Å². The number of rotatable bonds is 5. The minimum absolute atomic E-state index is 0.0175. The summed E-state index contributed by atoms with van der Waals surface area (Å²) in [6.07, 6.45) is 3.64. The number of H-pyrrole nitrogens is 1. The van der Waals surface area contributed by atoms with Crippen molar-refractivity contribution in [2.75, 3.05) is 18.6 Å². The summed E-state index contributed by atoms with van der Waals surface area (Å²) in [4.78, 5) is 17.0. The van der Waals surface area contributed by atoms with Gasteiger partial charge in [-0.25, -0.2) is 4.79 Å². The topological polar surface area (TPSA) is 61.5 Å². The van der Waals surface area contributed by atoms with Gasteiger partial charge in [-0.15, -0.1) is 0 Å². The molecule has 2 aromatic carbocycles. The van der Waals surface area contributed by atoms with Crippen molar-refractivity contribution in [2.24, 2.45) is 0 Å². The smallest absolute Gasteiger partial charge is 0.325 e. The van der Waals surface area contributed by atoms with Crippen LogP contribution in [0.5, 0.6) is 5.75 Å². The lowest BCUT2D eigenvalue weighted by Gasteiger charge is -2.29. The third-order valence-corrected chi connectivity index (χ3v) is 5.22. The van der Waals surface area contributed by atoms with Gasteiger partial charge in [0.05, 0.1) is 25.4 Å². The molecule has 0 spiro atoms. The van der Waals surface area contributed by atoms with Gasteiger partial charge in [-0.05, 0) is 49.2 Å². The molecule has 0 aliphatic carbocycles. The molecule has 2 heterocycles. The quantitative estimate of drug-likeness (QED) is 0.722. The summed E-state index contributed by atoms with van der Waals surface area (Å²) in [5.41, 5.74) is 3.77. The molecule has 2 amide bonds. The number of methoxy groups -OCH3 is 1. The second kappa shape index (κ2) is 7.03. The maximum atomic E-state index is 13.2. The Morgan fingerprint density at radius 3 is 2.61 bits per heavy atom. The van der Waals surface area contributed by atoms with Crippen LogP contribution in [0.4, 0.5) is 10.5 Å². The molecule has 1 fully saturated rings. The Balaban J connectivity index is 1.56. The van der Waals surface area contributed by atoms with Crippen LogP contribution in [0.15, 0.2) is 60.9 Å². The van der Waals surface area contributed by atoms with Gasteiger partial charge in [-0.1, -0.05) is 24.3 Å². The third kappa shape index (κ3) is 3.33. The fraction of sp³-hybridized carbons (Fsp3) is 0.273. The molecule has 4 rings (SSSR count). The Labute approximate surface area is 164 Å². The van der Waals surface area contributed by atoms with E-state index in [1.807, 2.05) is 64.5 Å². The second-order valence-corrected chi connectivity index (χ2v) is 7.65. The van der Waals surface area contributed by atoms with Crippen LogP contribution < -0.4 is 9.64 Å². The van der Waals surface area contributed by atoms with Crippen LogP contribution >= 0.6 is 0 Å². The van der Waals surface area contributed by atoms with Crippen molar-refractivity contribution in [2.45, 2.75) is 25.9 Å². The van der Waals surface area contributed by atoms with Crippen LogP contribution in [-0.4, -0.2) is 40.3 Å². The Hall–Kier alpha value is -3.28. The first-order valence-electron chi connectivity index (χ1n) is 9.29. The minimum Gasteiger partial charge on any atom is -0.497 e. The van der Waals surface area contributed by atoms with Crippen LogP contribution in [0.25, 0.3) is 11.1 Å². The summed E-state index contributed by atoms with van der Waals surface area (Å²) in [7, 11) is 1.65. The van der Waals surface area contributed by atoms with Crippen molar-refractivity contribution in [3.8, 4) is 16.9 Å². The number of carbonyl (C=O) groups excluding carboxylic acids is 1. The Kier molecular flexibility index (Phi) is 4.55. The van der Waals surface area contributed by atoms with Crippen molar-refractivity contribution >= 4 is 11.7 Å². The van der Waals surface area contributed by atoms with Gasteiger partial charge >= 0.3 is 6.03 Å². The molecule has 0 saturated carbocycles. The number of amides is 2. The van der Waals surface area contributed by atoms with Gasteiger partial charge in [0, 0.05) is 24.0 Å². The number of carbonyl (C=O) groups is 1. The lowest BCUT2D eigenvalue weighted by molar-refractivity contribution is 0.172. The van der Waals surface area contributed by atoms with E-state index in [0.717, 1.165) is 28.1 Å². The average molecular weight is 376 g/mol. The van der Waals surface area contributed by atoms with E-state index in [-0.39, 0.29) is 11.6 Å². The number of ether oxygens (including phenoxy) is 1. The van der Waals surface area contributed by atoms with Gasteiger partial charge in [0.15, 0.2) is 0 Å². The zero-order valence-corrected chi connectivity index (χ0v) is 16.3. The molecular formula is C22H24N4O2. The van der Waals surface area contributed by atoms with Crippen LogP contribution in [-0.2, 0) is 6.54 Å². The number of urea groups is 1. The average Bonchev–Trinajstić information content (AvgIpc) is 3.31. The third-order valence-electron chi connectivity index (χ3n) is 5.22. The molecule has 28 heavy (non-hydrogen) atoms. The van der Waals surface area contributed by atoms with E-state index >= 15 is 0 Å². The maximum Gasteiger partial charge on any atom is 0.325 e. The molecule has 1 N–H and O–H groups in total. The highest BCUT2D eigenvalue weighted by molar-refractivity contribution is 5.95. The fourth-order valence-electron chi connectivity index (χ4n) is 3.62. The van der Waals surface area contributed by atoms with Crippen LogP contribution in [0, 0.1) is 0 Å². The molecule has 144 valence electrons. The second-order valence-electron chi connectivity index (χ2n) is 7.65. The van der Waals surface area contributed by atoms with Gasteiger partial charge in [-0.2, -0.15) is 5.10 Å². The summed E-state index contributed by atoms with van der Waals surface area (Å²) < 4.78 is 5.31. The van der Waals surface area contributed by atoms with Gasteiger partial charge < -0.3 is 9.64 Å². The fourth-order valence-corrected chi connectivity index (χ4v) is 3.62. The number of benzene rings is 2. The number of aromatic nitrogens is 2. The van der Waals surface area contributed by atoms with E-state index in [1.54, 1.807) is 13.3 Å². The SMILES string of the molecule is COc1cccc(CN2C(=O)N(c3ccc(-c4cn[nH]c4)cc3)CC2(C)C)c1. The molecule has 0 bridgehead atoms. The zero-order chi connectivity index (χ0) is 19.7. The molecule has 0 unspecified atom stereocenters. The molecule has 1 aliphatic heterocycles. The van der Waals surface area contributed by atoms with E-state index in [9.17, 15) is 4.79 Å². The van der Waals surface area contributed by atoms with E-state index in [2.05, 4.69) is 24.0 Å². The van der Waals surface area contributed by atoms with Crippen LogP contribution in [0.3, 0.4) is 0 Å². The molecule has 1 aromatic heterocycles. The van der Waals surface area contributed by atoms with Gasteiger partial charge in [0.25, 0.3) is 0 Å². The zero-order valence-electron chi connectivity index (χ0n) is 16.3. The number of nitrogens with one attached hydrogen (secondary N) is 1. The normalized spacial score (nSPS) is 15.9. The monoisotopic (exact) mass is 376 g/mol. The first-order chi connectivity index (χ1) is 13.5. The lowest BCUT2D eigenvalue weighted by atomic mass is 10.0. The molecule has 6 nitrogen and oxygen atoms in total. The Morgan fingerprint density at radius 2 is 1.93 bits per heavy atom. The summed E-state index contributed by atoms with van der Waals surface area (Å²) >= 11 is 0. The van der Waals surface area contributed by atoms with Crippen molar-refractivity contribution in [1.82, 2.24) is 15.1 Å². The molecule has 6 heteroatoms. The lowest BCUT2D eigenvalue weighted by Crippen LogP contribution is -2.41. The first kappa shape index (κ1) is 18.1. The number of hydrogen-bond acceptors (Lipinski definition) is 3. The molecule has 1 saturated heterocycles. The highest BCUT2D eigenvalue weighted by atomic mass is 16.5. The molecule has 0 atom stereocenters. The Bertz CT molecular complexity index is 964. The van der Waals surface area contributed by atoms with Crippen molar-refractivity contribution in [1.29, 1.82) is 0 Å². The van der Waals surface area contributed by atoms with Crippen molar-refractivity contribution in [3.05, 3.63) is 66.5 Å². The minimum atomic E-state index is -0.274. The van der Waals surface area contributed by atoms with Crippen molar-refractivity contribution < 1.29 is 9.53 Å². The maximum absolute atomic E-state index is 13.2. The predicted molar refractivity (Wildman–Crippen MR) is 109 cm³/mol. The molecule has 0 radical (unpaired) electrons. The number of aromatic amines is 1. The van der Waals surface area contributed by atoms with E-state index in [4.69, 9.17) is 4.74 Å². The van der Waals surface area contributed by atoms with E-state index in [1.165, 1.54) is 0 Å². The summed E-state index contributed by atoms with van der Waals surface area (Å²) in [5.74, 6) is 0.800. The number of anilines is 1. The summed E-state index contributed by atoms with van der Waals surface area (Å²) in [6.45, 7) is 5.39. The van der Waals surface area contributed by atoms with Gasteiger partial charge in [-0.3, -0.25) is 10.00 Å². The largest absolute Gasteiger partial charge is 0.497 e. The predicted octanol–water partition coefficient (Wildman–Crippen LogP) is 4.31. The van der Waals surface area contributed by atoms with Crippen LogP contribution in [0.1, 0.15) is 19.4 Å². The summed E-state index contributed by atoms with van der Waals surface area (Å²) in [5, 5.41) is 6.81. The van der Waals surface area contributed by atoms with E-state index in [0.29, 0.717) is 13.1 Å². The molecule has 3 aromatic rings. The number of nitrogens with zero attached hydrogens (tertiary/aromatic N) is 3. The summed E-state index contributed by atoms with van der Waals surface area (Å²) in [6, 6.07) is 15.9. The number of hydrogen-bond donors (Lipinski definition) is 1. The van der Waals surface area contributed by atoms with Crippen LogP contribution in [0.2, 0.25) is 0 Å². The van der Waals surface area contributed by atoms with Crippen molar-refractivity contribution in [3.63, 3.8) is 0 Å². The first-order valence-corrected chi connectivity index (χ1v) is 9.29. The standard InChI is InChI=1S/C22H24N4O2/c1-22(2)15-25(19-9-7-17(8-10-19)18-12-23-24-13-18)21(27)26(22)14-16-5-4-6-20(11-16)28-3/h4-13H,14-15H2,1-3H3,(H,23,24). The molecular weight excluding hydrogens is 352 g/mol. The highest BCUT2D eigenvalue weighted by Gasteiger charge is 2.43. The van der Waals surface area contributed by atoms with E-state index < -0.39 is 0 Å². The highest BCUT2D eigenvalue weighted by Crippen LogP contribution is 2.33. The Morgan fingerprint density at radius 1 is 1.14 bits per heavy atom. The molecule has 1 aliphatic rings. The van der Waals surface area contributed by atoms with Gasteiger partial charge in [0.2, 0.25) is 0 Å².